The summed E-state index contributed by atoms with van der Waals surface area (Å²) in [5, 5.41) is 11.8. The molecule has 3 aromatic rings. The van der Waals surface area contributed by atoms with Gasteiger partial charge in [0, 0.05) is 65.8 Å². The van der Waals surface area contributed by atoms with Crippen LogP contribution in [-0.2, 0) is 43.8 Å². The number of hydrogen-bond donors (Lipinski definition) is 2. The number of benzene rings is 3. The Morgan fingerprint density at radius 1 is 0.906 bits per heavy atom. The molecule has 272 valence electrons. The van der Waals surface area contributed by atoms with Crippen LogP contribution in [0, 0.1) is 0 Å². The van der Waals surface area contributed by atoms with E-state index in [2.05, 4.69) is 5.32 Å². The number of carboxylic acids is 1. The molecule has 1 saturated heterocycles. The van der Waals surface area contributed by atoms with Crippen molar-refractivity contribution < 1.29 is 62.4 Å². The molecular weight excluding hydrogens is 733 g/mol. The summed E-state index contributed by atoms with van der Waals surface area (Å²) in [6.07, 6.45) is 0. The lowest BCUT2D eigenvalue weighted by Crippen LogP contribution is -2.70. The third-order valence-corrected chi connectivity index (χ3v) is 11.0. The number of rotatable bonds is 9. The van der Waals surface area contributed by atoms with E-state index in [0.29, 0.717) is 21.6 Å². The van der Waals surface area contributed by atoms with Gasteiger partial charge in [0.05, 0.1) is 11.3 Å². The van der Waals surface area contributed by atoms with Crippen LogP contribution in [0.3, 0.4) is 0 Å². The van der Waals surface area contributed by atoms with Gasteiger partial charge in [0.1, 0.15) is 46.7 Å². The fraction of sp³-hybridized carbons (Fsp3) is 0.250. The lowest BCUT2D eigenvalue weighted by molar-refractivity contribution is -0.150. The van der Waals surface area contributed by atoms with Crippen molar-refractivity contribution in [1.82, 2.24) is 10.2 Å². The normalized spacial score (nSPS) is 18.7. The molecule has 4 aliphatic heterocycles. The van der Waals surface area contributed by atoms with Gasteiger partial charge in [-0.05, 0) is 36.4 Å². The third kappa shape index (κ3) is 6.35. The largest absolute Gasteiger partial charge is 0.477 e. The third-order valence-electron chi connectivity index (χ3n) is 8.63. The summed E-state index contributed by atoms with van der Waals surface area (Å²) in [4.78, 5) is 87.9. The van der Waals surface area contributed by atoms with Crippen molar-refractivity contribution in [3.63, 3.8) is 0 Å². The Hall–Kier alpha value is -5.81. The molecule has 4 aliphatic rings. The Bertz CT molecular complexity index is 2130. The summed E-state index contributed by atoms with van der Waals surface area (Å²) in [5.74, 6) is -3.82. The first kappa shape index (κ1) is 35.6. The van der Waals surface area contributed by atoms with Crippen LogP contribution in [0.1, 0.15) is 47.8 Å². The molecule has 1 fully saturated rings. The van der Waals surface area contributed by atoms with Crippen LogP contribution in [0.25, 0.3) is 0 Å². The van der Waals surface area contributed by atoms with Gasteiger partial charge in [0.2, 0.25) is 5.91 Å². The number of carbonyl (C=O) groups is 7. The number of esters is 4. The molecule has 2 N–H and O–H groups in total. The van der Waals surface area contributed by atoms with Crippen LogP contribution >= 0.6 is 23.5 Å². The molecule has 2 atom stereocenters. The van der Waals surface area contributed by atoms with E-state index in [1.807, 2.05) is 0 Å². The average molecular weight is 761 g/mol. The molecular formula is C36H28N2O13S2. The number of aliphatic carboxylic acids is 1. The predicted molar refractivity (Wildman–Crippen MR) is 184 cm³/mol. The van der Waals surface area contributed by atoms with Gasteiger partial charge in [-0.2, -0.15) is 0 Å². The molecule has 7 rings (SSSR count). The number of nitrogens with one attached hydrogen (secondary N) is 1. The SMILES string of the molecule is CC(=O)OCC1=C(C(=O)O)N2C(=O)C(NC(=O)CSc3ccc4c(c3)C(=O)OC43c4ccc(OC(C)=O)cc4Oc4cc(OC(C)=O)ccc43)C2SC1. The van der Waals surface area contributed by atoms with Crippen LogP contribution in [0.5, 0.6) is 23.0 Å². The van der Waals surface area contributed by atoms with Gasteiger partial charge in [-0.1, -0.05) is 6.07 Å². The fourth-order valence-corrected chi connectivity index (χ4v) is 8.64. The Morgan fingerprint density at radius 2 is 1.53 bits per heavy atom. The molecule has 15 nitrogen and oxygen atoms in total. The maximum atomic E-state index is 13.6. The van der Waals surface area contributed by atoms with Crippen molar-refractivity contribution >= 4 is 65.2 Å². The Labute approximate surface area is 308 Å². The molecule has 17 heteroatoms. The average Bonchev–Trinajstić information content (AvgIpc) is 3.38. The van der Waals surface area contributed by atoms with Crippen LogP contribution < -0.4 is 19.5 Å². The minimum atomic E-state index is -1.49. The fourth-order valence-electron chi connectivity index (χ4n) is 6.56. The number of carbonyl (C=O) groups excluding carboxylic acids is 6. The molecule has 53 heavy (non-hydrogen) atoms. The monoisotopic (exact) mass is 760 g/mol. The standard InChI is InChI=1S/C36H28N2O13S2/c1-16(39)47-13-19-14-53-33-30(32(43)38(33)31(19)34(44)45)37-29(42)15-52-22-6-9-24-23(12-22)35(46)51-36(24)25-7-4-20(48-17(2)40)10-27(25)50-28-11-21(49-18(3)41)5-8-26(28)36/h4-12,30,33H,13-15H2,1-3H3,(H,37,42)(H,44,45). The topological polar surface area (TPSA) is 201 Å². The van der Waals surface area contributed by atoms with E-state index >= 15 is 0 Å². The first-order valence-corrected chi connectivity index (χ1v) is 18.0. The first-order chi connectivity index (χ1) is 25.3. The Morgan fingerprint density at radius 3 is 2.11 bits per heavy atom. The number of fused-ring (bicyclic) bond motifs is 7. The zero-order valence-corrected chi connectivity index (χ0v) is 29.7. The summed E-state index contributed by atoms with van der Waals surface area (Å²) in [6, 6.07) is 13.4. The molecule has 0 aliphatic carbocycles. The molecule has 0 bridgehead atoms. The van der Waals surface area contributed by atoms with Gasteiger partial charge >= 0.3 is 29.8 Å². The summed E-state index contributed by atoms with van der Waals surface area (Å²) in [6.45, 7) is 3.45. The Balaban J connectivity index is 1.11. The highest BCUT2D eigenvalue weighted by atomic mass is 32.2. The highest BCUT2D eigenvalue weighted by Crippen LogP contribution is 2.57. The number of thioether (sulfide) groups is 2. The van der Waals surface area contributed by atoms with Crippen molar-refractivity contribution in [2.45, 2.75) is 42.7 Å². The second-order valence-corrected chi connectivity index (χ2v) is 14.3. The maximum Gasteiger partial charge on any atom is 0.352 e. The van der Waals surface area contributed by atoms with E-state index in [4.69, 9.17) is 23.7 Å². The second kappa shape index (κ2) is 13.6. The number of carboxylic acid groups (broad SMARTS) is 1. The molecule has 0 saturated carbocycles. The predicted octanol–water partition coefficient (Wildman–Crippen LogP) is 3.50. The zero-order chi connectivity index (χ0) is 37.8. The molecule has 2 unspecified atom stereocenters. The molecule has 0 aromatic heterocycles. The van der Waals surface area contributed by atoms with Gasteiger partial charge in [0.15, 0.2) is 5.60 Å². The number of hydrogen-bond acceptors (Lipinski definition) is 14. The summed E-state index contributed by atoms with van der Waals surface area (Å²) >= 11 is 2.37. The van der Waals surface area contributed by atoms with Crippen LogP contribution in [0.4, 0.5) is 0 Å². The molecule has 0 radical (unpaired) electrons. The van der Waals surface area contributed by atoms with Crippen molar-refractivity contribution in [2.24, 2.45) is 0 Å². The summed E-state index contributed by atoms with van der Waals surface area (Å²) < 4.78 is 27.8. The van der Waals surface area contributed by atoms with Gasteiger partial charge in [-0.15, -0.1) is 23.5 Å². The van der Waals surface area contributed by atoms with Crippen LogP contribution in [0.15, 0.2) is 70.8 Å². The molecule has 1 spiro atoms. The van der Waals surface area contributed by atoms with E-state index in [0.717, 1.165) is 16.7 Å². The van der Waals surface area contributed by atoms with Crippen molar-refractivity contribution in [1.29, 1.82) is 0 Å². The minimum absolute atomic E-state index is 0.128. The van der Waals surface area contributed by atoms with Crippen LogP contribution in [0.2, 0.25) is 0 Å². The number of nitrogens with zero attached hydrogens (tertiary/aromatic N) is 1. The van der Waals surface area contributed by atoms with Crippen LogP contribution in [-0.4, -0.2) is 81.2 Å². The van der Waals surface area contributed by atoms with E-state index < -0.39 is 58.7 Å². The summed E-state index contributed by atoms with van der Waals surface area (Å²) in [5.41, 5.74) is 0.141. The van der Waals surface area contributed by atoms with Gasteiger partial charge < -0.3 is 34.1 Å². The van der Waals surface area contributed by atoms with Crippen molar-refractivity contribution in [3.05, 3.63) is 88.1 Å². The van der Waals surface area contributed by atoms with E-state index in [1.54, 1.807) is 42.5 Å². The van der Waals surface area contributed by atoms with Gasteiger partial charge in [-0.3, -0.25) is 28.9 Å². The highest BCUT2D eigenvalue weighted by Gasteiger charge is 2.55. The lowest BCUT2D eigenvalue weighted by Gasteiger charge is -2.49. The quantitative estimate of drug-likeness (QED) is 0.139. The minimum Gasteiger partial charge on any atom is -0.477 e. The Kier molecular flexibility index (Phi) is 9.15. The highest BCUT2D eigenvalue weighted by molar-refractivity contribution is 8.00. The number of ether oxygens (including phenoxy) is 5. The number of amides is 2. The van der Waals surface area contributed by atoms with Crippen molar-refractivity contribution in [3.8, 4) is 23.0 Å². The molecule has 3 aromatic carbocycles. The lowest BCUT2D eigenvalue weighted by atomic mass is 9.77. The number of β-lactam (4-membered cyclic amide) rings is 1. The molecule has 2 amide bonds. The second-order valence-electron chi connectivity index (χ2n) is 12.2. The van der Waals surface area contributed by atoms with E-state index in [-0.39, 0.29) is 57.9 Å². The smallest absolute Gasteiger partial charge is 0.352 e. The zero-order valence-electron chi connectivity index (χ0n) is 28.1. The van der Waals surface area contributed by atoms with E-state index in [9.17, 15) is 38.7 Å². The maximum absolute atomic E-state index is 13.6. The van der Waals surface area contributed by atoms with Crippen molar-refractivity contribution in [2.75, 3.05) is 18.1 Å². The van der Waals surface area contributed by atoms with Gasteiger partial charge in [-0.25, -0.2) is 9.59 Å². The van der Waals surface area contributed by atoms with E-state index in [1.165, 1.54) is 44.7 Å². The first-order valence-electron chi connectivity index (χ1n) is 15.9. The summed E-state index contributed by atoms with van der Waals surface area (Å²) in [7, 11) is 0. The molecule has 4 heterocycles. The van der Waals surface area contributed by atoms with Gasteiger partial charge in [0.25, 0.3) is 5.91 Å².